The van der Waals surface area contributed by atoms with Crippen LogP contribution in [-0.4, -0.2) is 59.5 Å². The Hall–Kier alpha value is -1.40. The Kier molecular flexibility index (Phi) is 4.93. The summed E-state index contributed by atoms with van der Waals surface area (Å²) in [6, 6.07) is 0.212. The number of aromatic nitrogens is 2. The summed E-state index contributed by atoms with van der Waals surface area (Å²) >= 11 is 0. The molecule has 1 saturated heterocycles. The zero-order chi connectivity index (χ0) is 13.7. The maximum Gasteiger partial charge on any atom is 0.236 e. The van der Waals surface area contributed by atoms with Gasteiger partial charge in [-0.05, 0) is 19.4 Å². The van der Waals surface area contributed by atoms with Crippen LogP contribution in [0.4, 0.5) is 0 Å². The number of hydrogen-bond acceptors (Lipinski definition) is 4. The van der Waals surface area contributed by atoms with Crippen molar-refractivity contribution in [3.05, 3.63) is 18.0 Å². The topological polar surface area (TPSA) is 59.4 Å². The van der Waals surface area contributed by atoms with Crippen molar-refractivity contribution in [1.82, 2.24) is 20.0 Å². The third-order valence-electron chi connectivity index (χ3n) is 3.19. The van der Waals surface area contributed by atoms with Crippen LogP contribution < -0.4 is 5.32 Å². The molecule has 2 heterocycles. The summed E-state index contributed by atoms with van der Waals surface area (Å²) in [7, 11) is 0. The minimum absolute atomic E-state index is 0.145. The Morgan fingerprint density at radius 1 is 1.53 bits per heavy atom. The number of morpholine rings is 1. The van der Waals surface area contributed by atoms with E-state index in [1.54, 1.807) is 0 Å². The molecule has 0 bridgehead atoms. The van der Waals surface area contributed by atoms with Crippen LogP contribution in [0.15, 0.2) is 12.4 Å². The molecule has 1 aliphatic heterocycles. The van der Waals surface area contributed by atoms with Gasteiger partial charge >= 0.3 is 0 Å². The van der Waals surface area contributed by atoms with Gasteiger partial charge < -0.3 is 15.0 Å². The van der Waals surface area contributed by atoms with Crippen molar-refractivity contribution in [1.29, 1.82) is 0 Å². The van der Waals surface area contributed by atoms with E-state index >= 15 is 0 Å². The Bertz CT molecular complexity index is 413. The predicted octanol–water partition coefficient (Wildman–Crippen LogP) is 0.0284. The van der Waals surface area contributed by atoms with Crippen LogP contribution in [0.3, 0.4) is 0 Å². The molecule has 1 amide bonds. The monoisotopic (exact) mass is 266 g/mol. The molecule has 0 radical (unpaired) electrons. The smallest absolute Gasteiger partial charge is 0.236 e. The molecule has 106 valence electrons. The fourth-order valence-electron chi connectivity index (χ4n) is 2.10. The molecule has 1 aromatic rings. The van der Waals surface area contributed by atoms with Gasteiger partial charge in [0.05, 0.1) is 32.5 Å². The second-order valence-electron chi connectivity index (χ2n) is 5.01. The van der Waals surface area contributed by atoms with Crippen LogP contribution in [0.1, 0.15) is 12.5 Å². The van der Waals surface area contributed by atoms with E-state index in [1.807, 2.05) is 28.9 Å². The number of hydrogen-bond donors (Lipinski definition) is 1. The molecular weight excluding hydrogens is 244 g/mol. The molecule has 0 aromatic carbocycles. The van der Waals surface area contributed by atoms with Crippen molar-refractivity contribution >= 4 is 5.91 Å². The SMILES string of the molecule is Cc1cnn(C[C@@H](C)NCC(=O)N2CCOCC2)c1. The van der Waals surface area contributed by atoms with Crippen LogP contribution in [0.2, 0.25) is 0 Å². The maximum atomic E-state index is 11.9. The van der Waals surface area contributed by atoms with Crippen molar-refractivity contribution in [2.75, 3.05) is 32.8 Å². The van der Waals surface area contributed by atoms with Crippen molar-refractivity contribution in [2.45, 2.75) is 26.4 Å². The largest absolute Gasteiger partial charge is 0.378 e. The van der Waals surface area contributed by atoms with Crippen LogP contribution in [-0.2, 0) is 16.1 Å². The van der Waals surface area contributed by atoms with Crippen molar-refractivity contribution in [3.8, 4) is 0 Å². The molecule has 1 atom stereocenters. The van der Waals surface area contributed by atoms with Crippen molar-refractivity contribution < 1.29 is 9.53 Å². The van der Waals surface area contributed by atoms with Crippen molar-refractivity contribution in [2.24, 2.45) is 0 Å². The van der Waals surface area contributed by atoms with Gasteiger partial charge in [0.1, 0.15) is 0 Å². The number of nitrogens with zero attached hydrogens (tertiary/aromatic N) is 3. The van der Waals surface area contributed by atoms with Crippen LogP contribution in [0.5, 0.6) is 0 Å². The second kappa shape index (κ2) is 6.68. The number of carbonyl (C=O) groups excluding carboxylic acids is 1. The van der Waals surface area contributed by atoms with Gasteiger partial charge in [-0.2, -0.15) is 5.10 Å². The fourth-order valence-corrected chi connectivity index (χ4v) is 2.10. The zero-order valence-corrected chi connectivity index (χ0v) is 11.6. The molecule has 0 saturated carbocycles. The number of nitrogens with one attached hydrogen (secondary N) is 1. The first kappa shape index (κ1) is 14.0. The van der Waals surface area contributed by atoms with Gasteiger partial charge in [0.15, 0.2) is 0 Å². The zero-order valence-electron chi connectivity index (χ0n) is 11.6. The standard InChI is InChI=1S/C13H22N4O2/c1-11-7-15-17(9-11)10-12(2)14-8-13(18)16-3-5-19-6-4-16/h7,9,12,14H,3-6,8,10H2,1-2H3/t12-/m1/s1. The van der Waals surface area contributed by atoms with E-state index in [0.29, 0.717) is 32.8 Å². The highest BCUT2D eigenvalue weighted by Crippen LogP contribution is 1.98. The molecule has 0 spiro atoms. The Morgan fingerprint density at radius 2 is 2.26 bits per heavy atom. The fraction of sp³-hybridized carbons (Fsp3) is 0.692. The molecule has 1 N–H and O–H groups in total. The van der Waals surface area contributed by atoms with E-state index in [1.165, 1.54) is 0 Å². The van der Waals surface area contributed by atoms with E-state index in [-0.39, 0.29) is 11.9 Å². The number of ether oxygens (including phenoxy) is 1. The average Bonchev–Trinajstić information content (AvgIpc) is 2.82. The number of carbonyl (C=O) groups is 1. The minimum atomic E-state index is 0.145. The Morgan fingerprint density at radius 3 is 2.89 bits per heavy atom. The summed E-state index contributed by atoms with van der Waals surface area (Å²) in [5, 5.41) is 7.48. The third kappa shape index (κ3) is 4.33. The predicted molar refractivity (Wildman–Crippen MR) is 71.8 cm³/mol. The van der Waals surface area contributed by atoms with Crippen LogP contribution >= 0.6 is 0 Å². The van der Waals surface area contributed by atoms with E-state index in [4.69, 9.17) is 4.74 Å². The van der Waals surface area contributed by atoms with E-state index in [9.17, 15) is 4.79 Å². The quantitative estimate of drug-likeness (QED) is 0.817. The Labute approximate surface area is 113 Å². The Balaban J connectivity index is 1.70. The number of rotatable bonds is 5. The first-order chi connectivity index (χ1) is 9.15. The highest BCUT2D eigenvalue weighted by molar-refractivity contribution is 5.78. The van der Waals surface area contributed by atoms with Gasteiger partial charge in [0, 0.05) is 25.3 Å². The molecule has 2 rings (SSSR count). The number of aryl methyl sites for hydroxylation is 1. The first-order valence-corrected chi connectivity index (χ1v) is 6.73. The first-order valence-electron chi connectivity index (χ1n) is 6.73. The molecule has 19 heavy (non-hydrogen) atoms. The lowest BCUT2D eigenvalue weighted by atomic mass is 10.3. The molecule has 6 nitrogen and oxygen atoms in total. The summed E-state index contributed by atoms with van der Waals surface area (Å²) in [5.41, 5.74) is 1.15. The number of amides is 1. The van der Waals surface area contributed by atoms with Gasteiger partial charge in [-0.15, -0.1) is 0 Å². The molecule has 1 fully saturated rings. The molecular formula is C13H22N4O2. The van der Waals surface area contributed by atoms with Crippen molar-refractivity contribution in [3.63, 3.8) is 0 Å². The van der Waals surface area contributed by atoms with E-state index in [2.05, 4.69) is 17.3 Å². The summed E-state index contributed by atoms with van der Waals surface area (Å²) in [6.45, 7) is 7.92. The summed E-state index contributed by atoms with van der Waals surface area (Å²) in [4.78, 5) is 13.8. The summed E-state index contributed by atoms with van der Waals surface area (Å²) in [5.74, 6) is 0.145. The highest BCUT2D eigenvalue weighted by atomic mass is 16.5. The molecule has 1 aliphatic rings. The normalized spacial score (nSPS) is 17.5. The lowest BCUT2D eigenvalue weighted by Crippen LogP contribution is -2.46. The molecule has 1 aromatic heterocycles. The second-order valence-corrected chi connectivity index (χ2v) is 5.01. The lowest BCUT2D eigenvalue weighted by molar-refractivity contribution is -0.134. The molecule has 6 heteroatoms. The maximum absolute atomic E-state index is 11.9. The molecule has 0 unspecified atom stereocenters. The third-order valence-corrected chi connectivity index (χ3v) is 3.19. The van der Waals surface area contributed by atoms with Gasteiger partial charge in [0.2, 0.25) is 5.91 Å². The average molecular weight is 266 g/mol. The van der Waals surface area contributed by atoms with Crippen LogP contribution in [0.25, 0.3) is 0 Å². The molecule has 0 aliphatic carbocycles. The van der Waals surface area contributed by atoms with Gasteiger partial charge in [-0.1, -0.05) is 0 Å². The summed E-state index contributed by atoms with van der Waals surface area (Å²) < 4.78 is 7.13. The van der Waals surface area contributed by atoms with E-state index in [0.717, 1.165) is 12.1 Å². The summed E-state index contributed by atoms with van der Waals surface area (Å²) in [6.07, 6.45) is 3.84. The van der Waals surface area contributed by atoms with Gasteiger partial charge in [-0.3, -0.25) is 9.48 Å². The van der Waals surface area contributed by atoms with Gasteiger partial charge in [-0.25, -0.2) is 0 Å². The minimum Gasteiger partial charge on any atom is -0.378 e. The van der Waals surface area contributed by atoms with Crippen LogP contribution in [0, 0.1) is 6.92 Å². The van der Waals surface area contributed by atoms with Gasteiger partial charge in [0.25, 0.3) is 0 Å². The lowest BCUT2D eigenvalue weighted by Gasteiger charge is -2.27. The van der Waals surface area contributed by atoms with E-state index < -0.39 is 0 Å². The highest BCUT2D eigenvalue weighted by Gasteiger charge is 2.17.